The molecule has 0 aromatic carbocycles. The van der Waals surface area contributed by atoms with Crippen LogP contribution in [0.4, 0.5) is 0 Å². The predicted molar refractivity (Wildman–Crippen MR) is 93.8 cm³/mol. The van der Waals surface area contributed by atoms with Crippen molar-refractivity contribution < 1.29 is 4.52 Å². The average molecular weight is 334 g/mol. The van der Waals surface area contributed by atoms with Crippen molar-refractivity contribution in [2.45, 2.75) is 71.0 Å². The summed E-state index contributed by atoms with van der Waals surface area (Å²) >= 11 is 0. The van der Waals surface area contributed by atoms with E-state index in [0.29, 0.717) is 24.3 Å². The molecule has 0 bridgehead atoms. The van der Waals surface area contributed by atoms with Gasteiger partial charge in [-0.1, -0.05) is 18.0 Å². The molecular weight excluding hydrogens is 304 g/mol. The maximum Gasteiger partial charge on any atom is 0.223 e. The Bertz CT molecular complexity index is 529. The number of aromatic nitrogens is 2. The van der Waals surface area contributed by atoms with Gasteiger partial charge in [0.25, 0.3) is 0 Å². The molecule has 1 saturated carbocycles. The molecule has 0 unspecified atom stereocenters. The lowest BCUT2D eigenvalue weighted by molar-refractivity contribution is 0.150. The molecule has 0 amide bonds. The van der Waals surface area contributed by atoms with Gasteiger partial charge in [-0.2, -0.15) is 4.98 Å². The van der Waals surface area contributed by atoms with Crippen molar-refractivity contribution in [2.75, 3.05) is 19.6 Å². The Morgan fingerprint density at radius 1 is 1.25 bits per heavy atom. The fraction of sp³-hybridized carbons (Fsp3) is 0.824. The van der Waals surface area contributed by atoms with Crippen LogP contribution in [0.2, 0.25) is 0 Å². The largest absolute Gasteiger partial charge is 0.357 e. The summed E-state index contributed by atoms with van der Waals surface area (Å²) in [6.07, 6.45) is 7.98. The van der Waals surface area contributed by atoms with Crippen LogP contribution in [0.5, 0.6) is 0 Å². The van der Waals surface area contributed by atoms with Crippen LogP contribution in [-0.4, -0.2) is 52.7 Å². The van der Waals surface area contributed by atoms with E-state index in [9.17, 15) is 0 Å². The van der Waals surface area contributed by atoms with E-state index >= 15 is 0 Å². The smallest absolute Gasteiger partial charge is 0.223 e. The predicted octanol–water partition coefficient (Wildman–Crippen LogP) is 1.84. The topological polar surface area (TPSA) is 78.6 Å². The van der Waals surface area contributed by atoms with Crippen LogP contribution in [0, 0.1) is 6.92 Å². The molecule has 2 N–H and O–H groups in total. The number of rotatable bonds is 5. The van der Waals surface area contributed by atoms with Crippen molar-refractivity contribution >= 4 is 5.96 Å². The number of nitrogens with one attached hydrogen (secondary N) is 2. The highest BCUT2D eigenvalue weighted by atomic mass is 16.5. The molecule has 2 fully saturated rings. The van der Waals surface area contributed by atoms with Crippen LogP contribution in [0.3, 0.4) is 0 Å². The number of aliphatic imine (C=N–C) groups is 1. The highest BCUT2D eigenvalue weighted by Crippen LogP contribution is 2.26. The fourth-order valence-electron chi connectivity index (χ4n) is 3.75. The van der Waals surface area contributed by atoms with E-state index in [2.05, 4.69) is 37.6 Å². The van der Waals surface area contributed by atoms with Gasteiger partial charge in [-0.25, -0.2) is 4.99 Å². The second-order valence-corrected chi connectivity index (χ2v) is 6.82. The van der Waals surface area contributed by atoms with Crippen molar-refractivity contribution in [1.82, 2.24) is 25.7 Å². The first-order valence-electron chi connectivity index (χ1n) is 9.32. The van der Waals surface area contributed by atoms with E-state index < -0.39 is 0 Å². The summed E-state index contributed by atoms with van der Waals surface area (Å²) in [5.41, 5.74) is 0. The molecule has 2 heterocycles. The monoisotopic (exact) mass is 334 g/mol. The molecule has 7 nitrogen and oxygen atoms in total. The Balaban J connectivity index is 1.48. The fourth-order valence-corrected chi connectivity index (χ4v) is 3.75. The summed E-state index contributed by atoms with van der Waals surface area (Å²) in [7, 11) is 0. The Morgan fingerprint density at radius 3 is 2.62 bits per heavy atom. The van der Waals surface area contributed by atoms with Gasteiger partial charge in [0, 0.05) is 38.6 Å². The lowest BCUT2D eigenvalue weighted by atomic mass is 10.0. The quantitative estimate of drug-likeness (QED) is 0.632. The zero-order chi connectivity index (χ0) is 16.8. The molecule has 1 aliphatic heterocycles. The third-order valence-electron chi connectivity index (χ3n) is 5.00. The van der Waals surface area contributed by atoms with Crippen LogP contribution in [0.25, 0.3) is 0 Å². The molecule has 0 atom stereocenters. The number of guanidine groups is 1. The summed E-state index contributed by atoms with van der Waals surface area (Å²) in [5, 5.41) is 10.8. The van der Waals surface area contributed by atoms with Gasteiger partial charge in [-0.05, 0) is 32.6 Å². The zero-order valence-electron chi connectivity index (χ0n) is 14.9. The number of hydrogen-bond acceptors (Lipinski definition) is 5. The minimum absolute atomic E-state index is 0.438. The van der Waals surface area contributed by atoms with Gasteiger partial charge < -0.3 is 20.1 Å². The third kappa shape index (κ3) is 4.69. The minimum Gasteiger partial charge on any atom is -0.357 e. The van der Waals surface area contributed by atoms with Gasteiger partial charge >= 0.3 is 0 Å². The Kier molecular flexibility index (Phi) is 6.07. The molecule has 2 aliphatic rings. The first-order valence-corrected chi connectivity index (χ1v) is 9.32. The zero-order valence-corrected chi connectivity index (χ0v) is 14.9. The molecule has 1 saturated heterocycles. The van der Waals surface area contributed by atoms with Gasteiger partial charge in [0.05, 0.1) is 0 Å². The summed E-state index contributed by atoms with van der Waals surface area (Å²) in [4.78, 5) is 11.5. The minimum atomic E-state index is 0.438. The Morgan fingerprint density at radius 2 is 2.00 bits per heavy atom. The molecule has 3 rings (SSSR count). The van der Waals surface area contributed by atoms with Crippen LogP contribution < -0.4 is 10.6 Å². The number of likely N-dealkylation sites (tertiary alicyclic amines) is 1. The molecule has 134 valence electrons. The molecule has 0 radical (unpaired) electrons. The second-order valence-electron chi connectivity index (χ2n) is 6.82. The van der Waals surface area contributed by atoms with E-state index in [1.807, 2.05) is 0 Å². The van der Waals surface area contributed by atoms with Crippen molar-refractivity contribution in [1.29, 1.82) is 0 Å². The molecule has 7 heteroatoms. The molecule has 1 aromatic rings. The highest BCUT2D eigenvalue weighted by molar-refractivity contribution is 5.80. The summed E-state index contributed by atoms with van der Waals surface area (Å²) < 4.78 is 4.99. The summed E-state index contributed by atoms with van der Waals surface area (Å²) in [6, 6.07) is 1.33. The number of hydrogen-bond donors (Lipinski definition) is 2. The molecular formula is C17H30N6O. The molecule has 1 aliphatic carbocycles. The standard InChI is InChI=1S/C17H30N6O/c1-3-18-17(19-12-16-20-13(2)24-22-16)21-14-8-10-23(11-9-14)15-6-4-5-7-15/h14-15H,3-12H2,1-2H3,(H2,18,19,21). The van der Waals surface area contributed by atoms with Crippen LogP contribution >= 0.6 is 0 Å². The van der Waals surface area contributed by atoms with E-state index in [1.165, 1.54) is 51.6 Å². The van der Waals surface area contributed by atoms with E-state index in [-0.39, 0.29) is 0 Å². The number of aryl methyl sites for hydroxylation is 1. The maximum atomic E-state index is 4.99. The van der Waals surface area contributed by atoms with Crippen molar-refractivity contribution in [3.8, 4) is 0 Å². The number of piperidine rings is 1. The van der Waals surface area contributed by atoms with Gasteiger partial charge in [0.2, 0.25) is 5.89 Å². The van der Waals surface area contributed by atoms with Gasteiger partial charge in [0.1, 0.15) is 6.54 Å². The number of nitrogens with zero attached hydrogens (tertiary/aromatic N) is 4. The molecule has 0 spiro atoms. The highest BCUT2D eigenvalue weighted by Gasteiger charge is 2.27. The normalized spacial score (nSPS) is 21.3. The first kappa shape index (κ1) is 17.2. The van der Waals surface area contributed by atoms with E-state index in [1.54, 1.807) is 6.92 Å². The SMILES string of the molecule is CCNC(=NCc1noc(C)n1)NC1CCN(C2CCCC2)CC1. The maximum absolute atomic E-state index is 4.99. The lowest BCUT2D eigenvalue weighted by Crippen LogP contribution is -2.50. The van der Waals surface area contributed by atoms with Crippen LogP contribution in [0.1, 0.15) is 57.2 Å². The molecule has 1 aromatic heterocycles. The van der Waals surface area contributed by atoms with Crippen molar-refractivity contribution in [3.05, 3.63) is 11.7 Å². The average Bonchev–Trinajstić information content (AvgIpc) is 3.25. The van der Waals surface area contributed by atoms with Crippen LogP contribution in [-0.2, 0) is 6.54 Å². The molecule has 24 heavy (non-hydrogen) atoms. The van der Waals surface area contributed by atoms with Crippen molar-refractivity contribution in [2.24, 2.45) is 4.99 Å². The first-order chi connectivity index (χ1) is 11.7. The Hall–Kier alpha value is -1.63. The lowest BCUT2D eigenvalue weighted by Gasteiger charge is -2.36. The van der Waals surface area contributed by atoms with E-state index in [0.717, 1.165) is 18.5 Å². The van der Waals surface area contributed by atoms with E-state index in [4.69, 9.17) is 4.52 Å². The second kappa shape index (κ2) is 8.46. The van der Waals surface area contributed by atoms with Gasteiger partial charge in [-0.15, -0.1) is 0 Å². The van der Waals surface area contributed by atoms with Crippen molar-refractivity contribution in [3.63, 3.8) is 0 Å². The van der Waals surface area contributed by atoms with Gasteiger partial charge in [0.15, 0.2) is 11.8 Å². The third-order valence-corrected chi connectivity index (χ3v) is 5.00. The van der Waals surface area contributed by atoms with Gasteiger partial charge in [-0.3, -0.25) is 0 Å². The van der Waals surface area contributed by atoms with Crippen LogP contribution in [0.15, 0.2) is 9.52 Å². The summed E-state index contributed by atoms with van der Waals surface area (Å²) in [6.45, 7) is 7.56. The Labute approximate surface area is 144 Å². The summed E-state index contributed by atoms with van der Waals surface area (Å²) in [5.74, 6) is 2.05.